The van der Waals surface area contributed by atoms with Gasteiger partial charge in [-0.3, -0.25) is 14.9 Å². The van der Waals surface area contributed by atoms with E-state index in [4.69, 9.17) is 14.4 Å². The molecule has 6 rings (SSSR count). The fraction of sp³-hybridized carbons (Fsp3) is 0.154. The maximum atomic E-state index is 13.2. The Morgan fingerprint density at radius 2 is 2.03 bits per heavy atom. The molecule has 1 atom stereocenters. The normalized spacial score (nSPS) is 18.5. The van der Waals surface area contributed by atoms with Crippen LogP contribution < -0.4 is 15.4 Å². The predicted molar refractivity (Wildman–Crippen MR) is 128 cm³/mol. The van der Waals surface area contributed by atoms with Gasteiger partial charge < -0.3 is 19.4 Å². The quantitative estimate of drug-likeness (QED) is 0.402. The molecular weight excluding hydrogens is 476 g/mol. The number of carbonyl (C=O) groups is 3. The molecule has 182 valence electrons. The fourth-order valence-electron chi connectivity index (χ4n) is 4.64. The van der Waals surface area contributed by atoms with E-state index < -0.39 is 17.5 Å². The molecule has 1 aromatic carbocycles. The van der Waals surface area contributed by atoms with E-state index in [1.54, 1.807) is 54.7 Å². The molecule has 4 amide bonds. The number of nitrogens with one attached hydrogen (secondary N) is 2. The SMILES string of the molecule is COc1ccc2c(c1)C(=O)N(C[C@@]1(c3cc4nc(-c5ccc(C#N)nc5)ccc4o3)NC(=O)NC1=O)C2. The predicted octanol–water partition coefficient (Wildman–Crippen LogP) is 2.46. The molecule has 11 heteroatoms. The van der Waals surface area contributed by atoms with Crippen molar-refractivity contribution in [2.75, 3.05) is 13.7 Å². The Morgan fingerprint density at radius 1 is 1.16 bits per heavy atom. The smallest absolute Gasteiger partial charge is 0.322 e. The van der Waals surface area contributed by atoms with Crippen LogP contribution in [0.5, 0.6) is 5.75 Å². The number of pyridine rings is 2. The number of carbonyl (C=O) groups excluding carboxylic acids is 3. The lowest BCUT2D eigenvalue weighted by atomic mass is 9.95. The van der Waals surface area contributed by atoms with Crippen molar-refractivity contribution in [1.82, 2.24) is 25.5 Å². The molecule has 0 saturated carbocycles. The van der Waals surface area contributed by atoms with Gasteiger partial charge >= 0.3 is 6.03 Å². The van der Waals surface area contributed by atoms with Gasteiger partial charge in [0.1, 0.15) is 28.8 Å². The third-order valence-electron chi connectivity index (χ3n) is 6.53. The summed E-state index contributed by atoms with van der Waals surface area (Å²) in [6, 6.07) is 14.8. The molecule has 0 bridgehead atoms. The van der Waals surface area contributed by atoms with Crippen molar-refractivity contribution in [2.45, 2.75) is 12.1 Å². The highest BCUT2D eigenvalue weighted by Gasteiger charge is 2.53. The number of ether oxygens (including phenoxy) is 1. The van der Waals surface area contributed by atoms with E-state index in [0.29, 0.717) is 33.7 Å². The molecule has 4 aromatic rings. The van der Waals surface area contributed by atoms with E-state index in [2.05, 4.69) is 20.6 Å². The first-order valence-electron chi connectivity index (χ1n) is 11.3. The Morgan fingerprint density at radius 3 is 2.73 bits per heavy atom. The Labute approximate surface area is 209 Å². The van der Waals surface area contributed by atoms with Crippen molar-refractivity contribution < 1.29 is 23.5 Å². The number of aromatic nitrogens is 2. The number of amides is 4. The minimum absolute atomic E-state index is 0.146. The van der Waals surface area contributed by atoms with Crippen molar-refractivity contribution >= 4 is 28.9 Å². The largest absolute Gasteiger partial charge is 0.497 e. The number of hydrogen-bond donors (Lipinski definition) is 2. The molecular formula is C26H18N6O5. The summed E-state index contributed by atoms with van der Waals surface area (Å²) in [6.45, 7) is 0.115. The summed E-state index contributed by atoms with van der Waals surface area (Å²) >= 11 is 0. The van der Waals surface area contributed by atoms with Gasteiger partial charge in [-0.1, -0.05) is 6.07 Å². The molecule has 2 N–H and O–H groups in total. The number of benzene rings is 1. The van der Waals surface area contributed by atoms with Crippen molar-refractivity contribution in [3.63, 3.8) is 0 Å². The second-order valence-electron chi connectivity index (χ2n) is 8.73. The average molecular weight is 494 g/mol. The number of fused-ring (bicyclic) bond motifs is 2. The number of furan rings is 1. The summed E-state index contributed by atoms with van der Waals surface area (Å²) in [5.74, 6) is -0.219. The molecule has 2 aliphatic rings. The topological polar surface area (TPSA) is 150 Å². The summed E-state index contributed by atoms with van der Waals surface area (Å²) in [6.07, 6.45) is 1.55. The number of nitrogens with zero attached hydrogens (tertiary/aromatic N) is 4. The van der Waals surface area contributed by atoms with E-state index in [1.165, 1.54) is 12.0 Å². The summed E-state index contributed by atoms with van der Waals surface area (Å²) < 4.78 is 11.2. The maximum absolute atomic E-state index is 13.2. The number of imide groups is 1. The van der Waals surface area contributed by atoms with Gasteiger partial charge in [-0.05, 0) is 42.0 Å². The van der Waals surface area contributed by atoms with Crippen LogP contribution in [-0.2, 0) is 16.9 Å². The van der Waals surface area contributed by atoms with Crippen LogP contribution in [0.15, 0.2) is 59.1 Å². The standard InChI is InChI=1S/C26H18N6O5/c1-36-17-5-3-15-12-32(23(33)18(15)8-17)13-26(24(34)30-25(35)31-26)22-9-20-21(37-22)7-6-19(29-20)14-2-4-16(10-27)28-11-14/h2-9,11H,12-13H2,1H3,(H2,30,31,34,35)/t26-/m0/s1. The van der Waals surface area contributed by atoms with E-state index in [0.717, 1.165) is 5.56 Å². The fourth-order valence-corrected chi connectivity index (χ4v) is 4.64. The highest BCUT2D eigenvalue weighted by atomic mass is 16.5. The van der Waals surface area contributed by atoms with Crippen LogP contribution in [0.2, 0.25) is 0 Å². The van der Waals surface area contributed by atoms with Crippen LogP contribution in [0.4, 0.5) is 4.79 Å². The average Bonchev–Trinajstić information content (AvgIpc) is 3.57. The van der Waals surface area contributed by atoms with Crippen LogP contribution in [0, 0.1) is 11.3 Å². The van der Waals surface area contributed by atoms with Gasteiger partial charge in [0.15, 0.2) is 11.1 Å². The van der Waals surface area contributed by atoms with E-state index >= 15 is 0 Å². The lowest BCUT2D eigenvalue weighted by molar-refractivity contribution is -0.125. The first-order valence-corrected chi connectivity index (χ1v) is 11.3. The summed E-state index contributed by atoms with van der Waals surface area (Å²) in [7, 11) is 1.52. The number of urea groups is 1. The molecule has 0 aliphatic carbocycles. The van der Waals surface area contributed by atoms with Crippen molar-refractivity contribution in [3.8, 4) is 23.1 Å². The molecule has 0 unspecified atom stereocenters. The zero-order valence-corrected chi connectivity index (χ0v) is 19.4. The van der Waals surface area contributed by atoms with Crippen LogP contribution in [0.25, 0.3) is 22.4 Å². The Hall–Kier alpha value is -5.24. The second kappa shape index (κ2) is 8.17. The van der Waals surface area contributed by atoms with Crippen LogP contribution in [-0.4, -0.2) is 46.4 Å². The molecule has 1 saturated heterocycles. The summed E-state index contributed by atoms with van der Waals surface area (Å²) in [5, 5.41) is 13.9. The lowest BCUT2D eigenvalue weighted by Crippen LogP contribution is -2.52. The highest BCUT2D eigenvalue weighted by Crippen LogP contribution is 2.35. The van der Waals surface area contributed by atoms with E-state index in [-0.39, 0.29) is 30.5 Å². The molecule has 11 nitrogen and oxygen atoms in total. The number of hydrogen-bond acceptors (Lipinski definition) is 8. The van der Waals surface area contributed by atoms with E-state index in [1.807, 2.05) is 6.07 Å². The Kier molecular flexibility index (Phi) is 4.91. The first kappa shape index (κ1) is 22.2. The highest BCUT2D eigenvalue weighted by molar-refractivity contribution is 6.08. The monoisotopic (exact) mass is 494 g/mol. The van der Waals surface area contributed by atoms with Crippen LogP contribution in [0.1, 0.15) is 27.4 Å². The number of nitriles is 1. The minimum atomic E-state index is -1.64. The molecule has 5 heterocycles. The Bertz CT molecular complexity index is 1650. The van der Waals surface area contributed by atoms with Gasteiger partial charge in [0.2, 0.25) is 0 Å². The van der Waals surface area contributed by atoms with Crippen molar-refractivity contribution in [3.05, 3.63) is 77.3 Å². The molecule has 2 aliphatic heterocycles. The zero-order chi connectivity index (χ0) is 25.7. The van der Waals surface area contributed by atoms with Gasteiger partial charge in [0, 0.05) is 29.9 Å². The maximum Gasteiger partial charge on any atom is 0.322 e. The van der Waals surface area contributed by atoms with Gasteiger partial charge in [-0.2, -0.15) is 5.26 Å². The van der Waals surface area contributed by atoms with Gasteiger partial charge in [-0.25, -0.2) is 14.8 Å². The molecule has 3 aromatic heterocycles. The minimum Gasteiger partial charge on any atom is -0.497 e. The summed E-state index contributed by atoms with van der Waals surface area (Å²) in [4.78, 5) is 48.8. The molecule has 1 fully saturated rings. The summed E-state index contributed by atoms with van der Waals surface area (Å²) in [5.41, 5.74) is 2.04. The Balaban J connectivity index is 1.37. The zero-order valence-electron chi connectivity index (χ0n) is 19.4. The molecule has 0 radical (unpaired) electrons. The first-order chi connectivity index (χ1) is 17.9. The number of rotatable bonds is 5. The van der Waals surface area contributed by atoms with Gasteiger partial charge in [0.25, 0.3) is 11.8 Å². The third kappa shape index (κ3) is 3.54. The van der Waals surface area contributed by atoms with Crippen molar-refractivity contribution in [2.24, 2.45) is 0 Å². The second-order valence-corrected chi connectivity index (χ2v) is 8.73. The number of methoxy groups -OCH3 is 1. The third-order valence-corrected chi connectivity index (χ3v) is 6.53. The van der Waals surface area contributed by atoms with Gasteiger partial charge in [-0.15, -0.1) is 0 Å². The van der Waals surface area contributed by atoms with Crippen LogP contribution >= 0.6 is 0 Å². The molecule has 0 spiro atoms. The van der Waals surface area contributed by atoms with Crippen LogP contribution in [0.3, 0.4) is 0 Å². The van der Waals surface area contributed by atoms with Gasteiger partial charge in [0.05, 0.1) is 19.3 Å². The lowest BCUT2D eigenvalue weighted by Gasteiger charge is -2.28. The van der Waals surface area contributed by atoms with E-state index in [9.17, 15) is 14.4 Å². The van der Waals surface area contributed by atoms with Crippen molar-refractivity contribution in [1.29, 1.82) is 5.26 Å². The molecule has 37 heavy (non-hydrogen) atoms.